The Morgan fingerprint density at radius 3 is 2.57 bits per heavy atom. The average molecular weight is 593 g/mol. The van der Waals surface area contributed by atoms with Crippen molar-refractivity contribution in [3.05, 3.63) is 22.6 Å². The summed E-state index contributed by atoms with van der Waals surface area (Å²) in [7, 11) is 2.97. The zero-order chi connectivity index (χ0) is 31.6. The van der Waals surface area contributed by atoms with Crippen molar-refractivity contribution in [2.75, 3.05) is 40.3 Å². The lowest BCUT2D eigenvalue weighted by Gasteiger charge is -2.66. The first-order chi connectivity index (χ1) is 19.7. The first-order valence-corrected chi connectivity index (χ1v) is 15.4. The van der Waals surface area contributed by atoms with Crippen molar-refractivity contribution in [2.45, 2.75) is 114 Å². The summed E-state index contributed by atoms with van der Waals surface area (Å²) in [5.74, 6) is -1.73. The van der Waals surface area contributed by atoms with E-state index in [2.05, 4.69) is 27.2 Å². The van der Waals surface area contributed by atoms with E-state index < -0.39 is 51.6 Å². The van der Waals surface area contributed by atoms with E-state index in [1.54, 1.807) is 18.9 Å². The van der Waals surface area contributed by atoms with Crippen LogP contribution in [-0.4, -0.2) is 112 Å². The van der Waals surface area contributed by atoms with Crippen molar-refractivity contribution < 1.29 is 29.6 Å². The maximum absolute atomic E-state index is 13.6. The molecule has 1 aliphatic carbocycles. The molecule has 0 aromatic carbocycles. The van der Waals surface area contributed by atoms with E-state index in [9.17, 15) is 30.4 Å². The summed E-state index contributed by atoms with van der Waals surface area (Å²) in [4.78, 5) is 33.8. The monoisotopic (exact) mass is 592 g/mol. The van der Waals surface area contributed by atoms with Crippen LogP contribution >= 0.6 is 0 Å². The fourth-order valence-corrected chi connectivity index (χ4v) is 8.48. The van der Waals surface area contributed by atoms with E-state index in [-0.39, 0.29) is 12.5 Å². The van der Waals surface area contributed by atoms with E-state index in [0.29, 0.717) is 51.7 Å². The van der Waals surface area contributed by atoms with Crippen LogP contribution in [-0.2, 0) is 14.3 Å². The van der Waals surface area contributed by atoms with Gasteiger partial charge in [0.1, 0.15) is 11.6 Å². The molecule has 0 spiro atoms. The molecule has 4 N–H and O–H groups in total. The van der Waals surface area contributed by atoms with Gasteiger partial charge in [-0.25, -0.2) is 0 Å². The number of azide groups is 1. The number of rotatable bonds is 14. The Morgan fingerprint density at radius 1 is 1.31 bits per heavy atom. The number of aliphatic hydroxyl groups is 3. The van der Waals surface area contributed by atoms with Gasteiger partial charge in [-0.2, -0.15) is 0 Å². The number of methoxy groups -OCH3 is 1. The Morgan fingerprint density at radius 2 is 2.00 bits per heavy atom. The van der Waals surface area contributed by atoms with Gasteiger partial charge in [0.05, 0.1) is 18.8 Å². The highest BCUT2D eigenvalue weighted by Crippen LogP contribution is 2.62. The van der Waals surface area contributed by atoms with Crippen LogP contribution in [0.2, 0.25) is 0 Å². The highest BCUT2D eigenvalue weighted by molar-refractivity contribution is 5.89. The second kappa shape index (κ2) is 12.9. The van der Waals surface area contributed by atoms with Crippen molar-refractivity contribution in [1.82, 2.24) is 15.1 Å². The molecule has 8 atom stereocenters. The molecule has 12 nitrogen and oxygen atoms in total. The summed E-state index contributed by atoms with van der Waals surface area (Å²) >= 11 is 0. The van der Waals surface area contributed by atoms with Crippen LogP contribution in [0, 0.1) is 10.8 Å². The van der Waals surface area contributed by atoms with Gasteiger partial charge in [-0.3, -0.25) is 19.4 Å². The zero-order valence-electron chi connectivity index (χ0n) is 26.5. The number of nitrogens with one attached hydrogen (secondary N) is 1. The van der Waals surface area contributed by atoms with E-state index >= 15 is 0 Å². The molecule has 42 heavy (non-hydrogen) atoms. The first-order valence-electron chi connectivity index (χ1n) is 15.4. The second-order valence-electron chi connectivity index (χ2n) is 13.1. The molecule has 3 rings (SSSR count). The van der Waals surface area contributed by atoms with Gasteiger partial charge in [-0.15, -0.1) is 0 Å². The fourth-order valence-electron chi connectivity index (χ4n) is 8.48. The molecular formula is C30H52N6O6. The number of amides is 1. The van der Waals surface area contributed by atoms with Gasteiger partial charge in [-0.1, -0.05) is 39.8 Å². The Bertz CT molecular complexity index is 1080. The summed E-state index contributed by atoms with van der Waals surface area (Å²) in [6, 6.07) is -1.34. The van der Waals surface area contributed by atoms with Crippen LogP contribution in [0.25, 0.3) is 10.4 Å². The number of carbonyl (C=O) groups is 2. The van der Waals surface area contributed by atoms with Crippen LogP contribution in [0.5, 0.6) is 0 Å². The molecule has 0 bridgehead atoms. The third-order valence-corrected chi connectivity index (χ3v) is 10.9. The van der Waals surface area contributed by atoms with Crippen molar-refractivity contribution in [2.24, 2.45) is 15.9 Å². The maximum atomic E-state index is 13.6. The number of ether oxygens (including phenoxy) is 1. The second-order valence-corrected chi connectivity index (χ2v) is 13.1. The molecule has 2 fully saturated rings. The van der Waals surface area contributed by atoms with Crippen LogP contribution < -0.4 is 5.32 Å². The quantitative estimate of drug-likeness (QED) is 0.0591. The van der Waals surface area contributed by atoms with Crippen LogP contribution in [0.3, 0.4) is 0 Å². The Kier molecular flexibility index (Phi) is 10.6. The van der Waals surface area contributed by atoms with Crippen LogP contribution in [0.4, 0.5) is 0 Å². The van der Waals surface area contributed by atoms with Gasteiger partial charge in [0.15, 0.2) is 5.60 Å². The fraction of sp³-hybridized carbons (Fsp3) is 0.867. The Balaban J connectivity index is 2.10. The lowest BCUT2D eigenvalue weighted by atomic mass is 9.48. The largest absolute Gasteiger partial charge is 0.468 e. The maximum Gasteiger partial charge on any atom is 0.325 e. The van der Waals surface area contributed by atoms with Gasteiger partial charge in [0.2, 0.25) is 0 Å². The molecule has 1 amide bonds. The Labute approximate surface area is 250 Å². The van der Waals surface area contributed by atoms with Gasteiger partial charge in [0, 0.05) is 34.9 Å². The molecule has 2 aliphatic heterocycles. The van der Waals surface area contributed by atoms with Gasteiger partial charge in [0.25, 0.3) is 5.91 Å². The minimum absolute atomic E-state index is 0.238. The predicted molar refractivity (Wildman–Crippen MR) is 159 cm³/mol. The third kappa shape index (κ3) is 5.40. The summed E-state index contributed by atoms with van der Waals surface area (Å²) in [5, 5.41) is 42.3. The normalized spacial score (nSPS) is 35.2. The molecular weight excluding hydrogens is 540 g/mol. The average Bonchev–Trinajstić information content (AvgIpc) is 3.33. The minimum Gasteiger partial charge on any atom is -0.468 e. The molecule has 238 valence electrons. The minimum atomic E-state index is -2.51. The topological polar surface area (TPSA) is 171 Å². The van der Waals surface area contributed by atoms with E-state index in [0.717, 1.165) is 13.0 Å². The molecule has 3 aliphatic rings. The molecule has 0 radical (unpaired) electrons. The van der Waals surface area contributed by atoms with E-state index in [1.807, 2.05) is 32.9 Å². The third-order valence-electron chi connectivity index (χ3n) is 10.9. The number of carbonyl (C=O) groups excluding carboxylic acids is 2. The summed E-state index contributed by atoms with van der Waals surface area (Å²) < 4.78 is 5.29. The van der Waals surface area contributed by atoms with Crippen LogP contribution in [0.15, 0.2) is 17.3 Å². The zero-order valence-corrected chi connectivity index (χ0v) is 26.5. The van der Waals surface area contributed by atoms with Crippen molar-refractivity contribution in [3.8, 4) is 0 Å². The molecule has 0 aromatic rings. The SMILES string of the molecule is CCCNCC(O)(CC)CCCC(C)(C(=O)OC)N(C)[C@@H]1[C@@]2(C)CCN3CC=C[C@](CC)([C@H]32)[C@@H](O)[C@]1(O)C(=O)N=[N+]=[N-]. The summed E-state index contributed by atoms with van der Waals surface area (Å²) in [6.45, 7) is 12.2. The highest BCUT2D eigenvalue weighted by atomic mass is 16.5. The first kappa shape index (κ1) is 34.4. The predicted octanol–water partition coefficient (Wildman–Crippen LogP) is 2.52. The van der Waals surface area contributed by atoms with Gasteiger partial charge in [-0.05, 0) is 82.7 Å². The molecule has 0 aromatic heterocycles. The van der Waals surface area contributed by atoms with E-state index in [4.69, 9.17) is 4.74 Å². The number of esters is 1. The molecule has 2 heterocycles. The lowest BCUT2D eigenvalue weighted by Crippen LogP contribution is -2.82. The number of hydrogen-bond acceptors (Lipinski definition) is 9. The van der Waals surface area contributed by atoms with Gasteiger partial charge < -0.3 is 25.4 Å². The smallest absolute Gasteiger partial charge is 0.325 e. The number of hydrogen-bond donors (Lipinski definition) is 4. The van der Waals surface area contributed by atoms with Crippen molar-refractivity contribution in [1.29, 1.82) is 0 Å². The number of aliphatic hydroxyl groups excluding tert-OH is 1. The summed E-state index contributed by atoms with van der Waals surface area (Å²) in [6.07, 6.45) is 5.91. The van der Waals surface area contributed by atoms with E-state index in [1.165, 1.54) is 7.11 Å². The number of nitrogens with zero attached hydrogens (tertiary/aromatic N) is 5. The molecule has 1 saturated carbocycles. The van der Waals surface area contributed by atoms with Crippen LogP contribution in [0.1, 0.15) is 79.6 Å². The van der Waals surface area contributed by atoms with Crippen molar-refractivity contribution >= 4 is 11.9 Å². The number of likely N-dealkylation sites (N-methyl/N-ethyl adjacent to an activating group) is 1. The standard InChI is InChI=1S/C30H52N6O6/c1-8-17-32-20-28(40,9-2)14-11-13-27(5,25(39)42-7)35(6)22-26(4)16-19-36-18-12-15-29(10-3,21(26)36)23(37)30(22,41)24(38)33-34-31/h12,15,21-23,32,37,40-41H,8-11,13-14,16-20H2,1-7H3/t21-,22-,23-,26+,27?,28?,29-,30+/m1/s1. The Hall–Kier alpha value is -2.05. The van der Waals surface area contributed by atoms with Crippen molar-refractivity contribution in [3.63, 3.8) is 0 Å². The molecule has 2 unspecified atom stereocenters. The van der Waals surface area contributed by atoms with Gasteiger partial charge >= 0.3 is 5.97 Å². The highest BCUT2D eigenvalue weighted by Gasteiger charge is 2.75. The summed E-state index contributed by atoms with van der Waals surface area (Å²) in [5.41, 5.74) is 2.66. The molecule has 12 heteroatoms. The molecule has 1 saturated heterocycles. The lowest BCUT2D eigenvalue weighted by molar-refractivity contribution is -0.244.